The molecular formula is C17H22ClN. The standard InChI is InChI=1S/C17H22ClN/c1-7-16(18)17-13(6)9-14(10-19-17)15(12(4)5)8-11(2)3/h7-10H,1-6H3/b16-7+. The molecule has 0 radical (unpaired) electrons. The molecule has 0 aromatic carbocycles. The van der Waals surface area contributed by atoms with E-state index in [1.54, 1.807) is 0 Å². The highest BCUT2D eigenvalue weighted by molar-refractivity contribution is 6.48. The maximum atomic E-state index is 6.15. The fourth-order valence-corrected chi connectivity index (χ4v) is 2.11. The number of pyridine rings is 1. The van der Waals surface area contributed by atoms with Crippen molar-refractivity contribution in [1.29, 1.82) is 0 Å². The third-order valence-electron chi connectivity index (χ3n) is 2.84. The van der Waals surface area contributed by atoms with Crippen LogP contribution in [0.4, 0.5) is 0 Å². The molecule has 0 fully saturated rings. The summed E-state index contributed by atoms with van der Waals surface area (Å²) in [4.78, 5) is 4.50. The summed E-state index contributed by atoms with van der Waals surface area (Å²) in [5.41, 5.74) is 6.90. The monoisotopic (exact) mass is 275 g/mol. The molecule has 0 aliphatic heterocycles. The van der Waals surface area contributed by atoms with E-state index in [9.17, 15) is 0 Å². The van der Waals surface area contributed by atoms with Crippen molar-refractivity contribution in [1.82, 2.24) is 4.98 Å². The summed E-state index contributed by atoms with van der Waals surface area (Å²) in [7, 11) is 0. The van der Waals surface area contributed by atoms with Gasteiger partial charge in [0, 0.05) is 11.8 Å². The van der Waals surface area contributed by atoms with E-state index < -0.39 is 0 Å². The normalized spacial score (nSPS) is 11.2. The fourth-order valence-electron chi connectivity index (χ4n) is 1.91. The van der Waals surface area contributed by atoms with E-state index in [0.29, 0.717) is 5.03 Å². The molecule has 0 atom stereocenters. The van der Waals surface area contributed by atoms with Gasteiger partial charge in [-0.1, -0.05) is 34.9 Å². The van der Waals surface area contributed by atoms with Gasteiger partial charge >= 0.3 is 0 Å². The van der Waals surface area contributed by atoms with E-state index in [0.717, 1.165) is 16.8 Å². The second kappa shape index (κ2) is 6.72. The molecule has 1 rings (SSSR count). The zero-order valence-electron chi connectivity index (χ0n) is 12.6. The highest BCUT2D eigenvalue weighted by Crippen LogP contribution is 2.26. The van der Waals surface area contributed by atoms with Gasteiger partial charge in [0.05, 0.1) is 10.7 Å². The van der Waals surface area contributed by atoms with Gasteiger partial charge in [-0.05, 0) is 58.7 Å². The van der Waals surface area contributed by atoms with Crippen LogP contribution in [-0.2, 0) is 0 Å². The maximum Gasteiger partial charge on any atom is 0.0842 e. The summed E-state index contributed by atoms with van der Waals surface area (Å²) in [6.07, 6.45) is 5.97. The molecule has 0 spiro atoms. The minimum absolute atomic E-state index is 0.699. The predicted octanol–water partition coefficient (Wildman–Crippen LogP) is 5.75. The van der Waals surface area contributed by atoms with Crippen LogP contribution in [0.5, 0.6) is 0 Å². The molecule has 1 heterocycles. The van der Waals surface area contributed by atoms with Crippen LogP contribution in [0.2, 0.25) is 0 Å². The van der Waals surface area contributed by atoms with E-state index in [4.69, 9.17) is 11.6 Å². The average molecular weight is 276 g/mol. The lowest BCUT2D eigenvalue weighted by Crippen LogP contribution is -1.94. The summed E-state index contributed by atoms with van der Waals surface area (Å²) in [5.74, 6) is 0. The van der Waals surface area contributed by atoms with Crippen molar-refractivity contribution < 1.29 is 0 Å². The third kappa shape index (κ3) is 4.07. The van der Waals surface area contributed by atoms with E-state index in [-0.39, 0.29) is 0 Å². The SMILES string of the molecule is C/C=C(/Cl)c1ncc(C(C=C(C)C)=C(C)C)cc1C. The van der Waals surface area contributed by atoms with E-state index in [2.05, 4.69) is 44.8 Å². The van der Waals surface area contributed by atoms with E-state index >= 15 is 0 Å². The molecular weight excluding hydrogens is 254 g/mol. The van der Waals surface area contributed by atoms with Crippen LogP contribution in [-0.4, -0.2) is 4.98 Å². The Kier molecular flexibility index (Phi) is 5.56. The average Bonchev–Trinajstić information content (AvgIpc) is 2.34. The number of aromatic nitrogens is 1. The molecule has 1 aromatic heterocycles. The second-order valence-corrected chi connectivity index (χ2v) is 5.57. The zero-order chi connectivity index (χ0) is 14.6. The number of halogens is 1. The summed E-state index contributed by atoms with van der Waals surface area (Å²) in [5, 5.41) is 0.699. The van der Waals surface area contributed by atoms with Gasteiger partial charge in [-0.3, -0.25) is 4.98 Å². The van der Waals surface area contributed by atoms with Crippen molar-refractivity contribution in [2.24, 2.45) is 0 Å². The molecule has 0 aliphatic carbocycles. The fraction of sp³-hybridized carbons (Fsp3) is 0.353. The molecule has 19 heavy (non-hydrogen) atoms. The molecule has 0 bridgehead atoms. The van der Waals surface area contributed by atoms with Gasteiger partial charge in [0.25, 0.3) is 0 Å². The number of nitrogens with zero attached hydrogens (tertiary/aromatic N) is 1. The molecule has 0 aliphatic rings. The number of hydrogen-bond acceptors (Lipinski definition) is 1. The third-order valence-corrected chi connectivity index (χ3v) is 3.24. The van der Waals surface area contributed by atoms with Gasteiger partial charge in [-0.25, -0.2) is 0 Å². The molecule has 0 unspecified atom stereocenters. The van der Waals surface area contributed by atoms with Crippen molar-refractivity contribution in [2.45, 2.75) is 41.5 Å². The van der Waals surface area contributed by atoms with Gasteiger partial charge in [0.15, 0.2) is 0 Å². The van der Waals surface area contributed by atoms with Crippen LogP contribution in [0.25, 0.3) is 10.6 Å². The molecule has 102 valence electrons. The first kappa shape index (κ1) is 15.7. The Morgan fingerprint density at radius 1 is 1.21 bits per heavy atom. The van der Waals surface area contributed by atoms with Crippen LogP contribution in [0.1, 0.15) is 51.4 Å². The first-order valence-corrected chi connectivity index (χ1v) is 6.86. The van der Waals surface area contributed by atoms with Crippen LogP contribution in [0, 0.1) is 6.92 Å². The first-order chi connectivity index (χ1) is 8.86. The minimum Gasteiger partial charge on any atom is -0.254 e. The molecule has 0 N–H and O–H groups in total. The van der Waals surface area contributed by atoms with Crippen LogP contribution < -0.4 is 0 Å². The quantitative estimate of drug-likeness (QED) is 0.640. The van der Waals surface area contributed by atoms with Crippen molar-refractivity contribution in [2.75, 3.05) is 0 Å². The zero-order valence-corrected chi connectivity index (χ0v) is 13.4. The Labute approximate surface area is 121 Å². The second-order valence-electron chi connectivity index (χ2n) is 5.16. The van der Waals surface area contributed by atoms with Gasteiger partial charge in [0.2, 0.25) is 0 Å². The highest BCUT2D eigenvalue weighted by atomic mass is 35.5. The number of hydrogen-bond donors (Lipinski definition) is 0. The molecule has 0 saturated carbocycles. The van der Waals surface area contributed by atoms with Crippen LogP contribution >= 0.6 is 11.6 Å². The van der Waals surface area contributed by atoms with Crippen molar-refractivity contribution in [3.05, 3.63) is 52.4 Å². The first-order valence-electron chi connectivity index (χ1n) is 6.48. The summed E-state index contributed by atoms with van der Waals surface area (Å²) >= 11 is 6.15. The van der Waals surface area contributed by atoms with Crippen LogP contribution in [0.15, 0.2) is 35.6 Å². The lowest BCUT2D eigenvalue weighted by molar-refractivity contribution is 1.21. The van der Waals surface area contributed by atoms with Gasteiger partial charge < -0.3 is 0 Å². The topological polar surface area (TPSA) is 12.9 Å². The van der Waals surface area contributed by atoms with Crippen molar-refractivity contribution >= 4 is 22.2 Å². The van der Waals surface area contributed by atoms with E-state index in [1.807, 2.05) is 26.1 Å². The van der Waals surface area contributed by atoms with Gasteiger partial charge in [-0.2, -0.15) is 0 Å². The lowest BCUT2D eigenvalue weighted by Gasteiger charge is -2.10. The maximum absolute atomic E-state index is 6.15. The smallest absolute Gasteiger partial charge is 0.0842 e. The Bertz CT molecular complexity index is 555. The summed E-state index contributed by atoms with van der Waals surface area (Å²) in [6.45, 7) is 12.4. The van der Waals surface area contributed by atoms with E-state index in [1.165, 1.54) is 16.7 Å². The molecule has 1 nitrogen and oxygen atoms in total. The number of allylic oxidation sites excluding steroid dienone is 5. The van der Waals surface area contributed by atoms with Crippen molar-refractivity contribution in [3.63, 3.8) is 0 Å². The lowest BCUT2D eigenvalue weighted by atomic mass is 9.99. The Balaban J connectivity index is 3.35. The van der Waals surface area contributed by atoms with Crippen molar-refractivity contribution in [3.8, 4) is 0 Å². The molecule has 0 amide bonds. The van der Waals surface area contributed by atoms with Crippen LogP contribution in [0.3, 0.4) is 0 Å². The Morgan fingerprint density at radius 2 is 1.84 bits per heavy atom. The number of rotatable bonds is 3. The number of aryl methyl sites for hydroxylation is 1. The highest BCUT2D eigenvalue weighted by Gasteiger charge is 2.07. The summed E-state index contributed by atoms with van der Waals surface area (Å²) in [6, 6.07) is 2.15. The molecule has 2 heteroatoms. The largest absolute Gasteiger partial charge is 0.254 e. The Hall–Kier alpha value is -1.34. The molecule has 1 aromatic rings. The van der Waals surface area contributed by atoms with Gasteiger partial charge in [-0.15, -0.1) is 0 Å². The predicted molar refractivity (Wildman–Crippen MR) is 86.2 cm³/mol. The minimum atomic E-state index is 0.699. The van der Waals surface area contributed by atoms with Gasteiger partial charge in [0.1, 0.15) is 0 Å². The molecule has 0 saturated heterocycles. The summed E-state index contributed by atoms with van der Waals surface area (Å²) < 4.78 is 0. The Morgan fingerprint density at radius 3 is 2.26 bits per heavy atom.